The van der Waals surface area contributed by atoms with E-state index in [0.717, 1.165) is 17.3 Å². The van der Waals surface area contributed by atoms with E-state index in [-0.39, 0.29) is 11.0 Å². The van der Waals surface area contributed by atoms with Gasteiger partial charge >= 0.3 is 0 Å². The summed E-state index contributed by atoms with van der Waals surface area (Å²) >= 11 is 0. The predicted octanol–water partition coefficient (Wildman–Crippen LogP) is 2.70. The molecule has 0 aliphatic heterocycles. The van der Waals surface area contributed by atoms with Crippen LogP contribution in [0.25, 0.3) is 11.0 Å². The summed E-state index contributed by atoms with van der Waals surface area (Å²) in [6, 6.07) is 9.41. The summed E-state index contributed by atoms with van der Waals surface area (Å²) in [6.45, 7) is 5.89. The molecule has 160 valence electrons. The lowest BCUT2D eigenvalue weighted by Gasteiger charge is -2.16. The van der Waals surface area contributed by atoms with E-state index >= 15 is 0 Å². The van der Waals surface area contributed by atoms with E-state index in [2.05, 4.69) is 5.32 Å². The van der Waals surface area contributed by atoms with Gasteiger partial charge in [-0.2, -0.15) is 0 Å². The van der Waals surface area contributed by atoms with E-state index in [1.54, 1.807) is 44.2 Å². The Morgan fingerprint density at radius 1 is 1.10 bits per heavy atom. The molecule has 0 atom stereocenters. The summed E-state index contributed by atoms with van der Waals surface area (Å²) in [7, 11) is 0. The molecule has 1 aromatic heterocycles. The van der Waals surface area contributed by atoms with Crippen LogP contribution in [0, 0.1) is 24.0 Å². The number of benzene rings is 2. The van der Waals surface area contributed by atoms with Gasteiger partial charge in [0, 0.05) is 16.7 Å². The average Bonchev–Trinajstić information content (AvgIpc) is 2.73. The fourth-order valence-electron chi connectivity index (χ4n) is 2.99. The number of nitrogens with one attached hydrogen (secondary N) is 1. The fraction of sp³-hybridized carbons (Fsp3) is 0.227. The number of aromatic nitrogens is 2. The number of anilines is 1. The van der Waals surface area contributed by atoms with Gasteiger partial charge in [0.2, 0.25) is 5.78 Å². The first-order valence-corrected chi connectivity index (χ1v) is 9.58. The Labute approximate surface area is 177 Å². The molecule has 9 heteroatoms. The highest BCUT2D eigenvalue weighted by Gasteiger charge is 2.24. The number of Topliss-reactive ketones (excluding diaryl/α,β-unsaturated/α-hetero) is 2. The highest BCUT2D eigenvalue weighted by molar-refractivity contribution is 6.43. The second kappa shape index (κ2) is 8.78. The maximum absolute atomic E-state index is 12.6. The standard InChI is InChI=1S/C22H21N3O6/c1-4-31-16-7-5-15(6-8-16)23-22(28)21(27)11-20(26)19-12-24(29)17-9-13(2)14(3)10-18(17)25(19)30/h5-10,12H,4,11H2,1-3H3,(H,23,28). The zero-order valence-corrected chi connectivity index (χ0v) is 17.3. The lowest BCUT2D eigenvalue weighted by atomic mass is 10.1. The first kappa shape index (κ1) is 21.7. The van der Waals surface area contributed by atoms with Gasteiger partial charge in [0.25, 0.3) is 17.6 Å². The Morgan fingerprint density at radius 2 is 1.74 bits per heavy atom. The number of hydrogen-bond donors (Lipinski definition) is 1. The van der Waals surface area contributed by atoms with E-state index < -0.39 is 29.6 Å². The van der Waals surface area contributed by atoms with Gasteiger partial charge in [0.05, 0.1) is 17.5 Å². The smallest absolute Gasteiger partial charge is 0.292 e. The molecule has 0 spiro atoms. The third-order valence-corrected chi connectivity index (χ3v) is 4.79. The average molecular weight is 423 g/mol. The van der Waals surface area contributed by atoms with E-state index in [1.807, 2.05) is 6.92 Å². The van der Waals surface area contributed by atoms with Crippen LogP contribution in [0.15, 0.2) is 42.6 Å². The van der Waals surface area contributed by atoms with Crippen molar-refractivity contribution in [3.8, 4) is 5.75 Å². The molecular formula is C22H21N3O6. The van der Waals surface area contributed by atoms with Gasteiger partial charge in [-0.3, -0.25) is 14.4 Å². The molecule has 9 nitrogen and oxygen atoms in total. The summed E-state index contributed by atoms with van der Waals surface area (Å²) < 4.78 is 6.02. The number of carbonyl (C=O) groups is 3. The van der Waals surface area contributed by atoms with Gasteiger partial charge in [0.15, 0.2) is 11.5 Å². The van der Waals surface area contributed by atoms with Crippen molar-refractivity contribution >= 4 is 34.2 Å². The third-order valence-electron chi connectivity index (χ3n) is 4.79. The predicted molar refractivity (Wildman–Crippen MR) is 114 cm³/mol. The third kappa shape index (κ3) is 4.61. The van der Waals surface area contributed by atoms with E-state index in [0.29, 0.717) is 27.2 Å². The summed E-state index contributed by atoms with van der Waals surface area (Å²) in [4.78, 5) is 49.1. The lowest BCUT2D eigenvalue weighted by Crippen LogP contribution is -2.28. The maximum Gasteiger partial charge on any atom is 0.292 e. The summed E-state index contributed by atoms with van der Waals surface area (Å²) in [6.07, 6.45) is -0.0223. The van der Waals surface area contributed by atoms with Crippen molar-refractivity contribution in [2.75, 3.05) is 11.9 Å². The molecule has 1 heterocycles. The van der Waals surface area contributed by atoms with Crippen LogP contribution < -0.4 is 14.5 Å². The van der Waals surface area contributed by atoms with Gasteiger partial charge < -0.3 is 20.0 Å². The van der Waals surface area contributed by atoms with Crippen LogP contribution in [0.5, 0.6) is 5.75 Å². The first-order chi connectivity index (χ1) is 14.7. The molecule has 1 amide bonds. The van der Waals surface area contributed by atoms with Crippen LogP contribution in [-0.4, -0.2) is 28.8 Å². The molecule has 2 aromatic carbocycles. The summed E-state index contributed by atoms with van der Waals surface area (Å²) in [5, 5.41) is 15.0. The molecule has 0 radical (unpaired) electrons. The number of fused-ring (bicyclic) bond motifs is 1. The lowest BCUT2D eigenvalue weighted by molar-refractivity contribution is -0.464. The molecule has 0 saturated heterocycles. The SMILES string of the molecule is CCOc1ccc(NC(=O)C(=O)CC(=O)c2c[n+](=O)c3cc(C)c(C)cc3n2[O-])cc1. The van der Waals surface area contributed by atoms with Gasteiger partial charge in [-0.1, -0.05) is 0 Å². The second-order valence-electron chi connectivity index (χ2n) is 6.99. The number of nitrogens with zero attached hydrogens (tertiary/aromatic N) is 2. The monoisotopic (exact) mass is 423 g/mol. The summed E-state index contributed by atoms with van der Waals surface area (Å²) in [5.41, 5.74) is 1.55. The number of hydrogen-bond acceptors (Lipinski definition) is 6. The van der Waals surface area contributed by atoms with Crippen molar-refractivity contribution in [2.24, 2.45) is 0 Å². The number of aryl methyl sites for hydroxylation is 2. The second-order valence-corrected chi connectivity index (χ2v) is 6.99. The van der Waals surface area contributed by atoms with Crippen LogP contribution in [0.1, 0.15) is 35.0 Å². The molecule has 3 rings (SSSR count). The molecular weight excluding hydrogens is 402 g/mol. The Morgan fingerprint density at radius 3 is 2.39 bits per heavy atom. The highest BCUT2D eigenvalue weighted by Crippen LogP contribution is 2.18. The van der Waals surface area contributed by atoms with Crippen molar-refractivity contribution in [1.29, 1.82) is 0 Å². The molecule has 0 fully saturated rings. The van der Waals surface area contributed by atoms with Crippen molar-refractivity contribution in [3.05, 3.63) is 69.5 Å². The van der Waals surface area contributed by atoms with E-state index in [4.69, 9.17) is 4.74 Å². The number of amides is 1. The molecule has 0 unspecified atom stereocenters. The van der Waals surface area contributed by atoms with Crippen molar-refractivity contribution in [3.63, 3.8) is 0 Å². The van der Waals surface area contributed by atoms with Gasteiger partial charge in [-0.05, 0) is 62.2 Å². The Hall–Kier alpha value is -4.01. The normalized spacial score (nSPS) is 10.7. The van der Waals surface area contributed by atoms with Crippen LogP contribution in [0.2, 0.25) is 0 Å². The molecule has 0 saturated carbocycles. The van der Waals surface area contributed by atoms with Gasteiger partial charge in [-0.15, -0.1) is 0 Å². The molecule has 1 N–H and O–H groups in total. The minimum absolute atomic E-state index is 0.00948. The van der Waals surface area contributed by atoms with E-state index in [9.17, 15) is 24.5 Å². The fourth-order valence-corrected chi connectivity index (χ4v) is 2.99. The van der Waals surface area contributed by atoms with Crippen LogP contribution in [0.4, 0.5) is 5.69 Å². The minimum atomic E-state index is -1.03. The van der Waals surface area contributed by atoms with Crippen molar-refractivity contribution < 1.29 is 23.5 Å². The van der Waals surface area contributed by atoms with Crippen LogP contribution in [0.3, 0.4) is 0 Å². The van der Waals surface area contributed by atoms with Gasteiger partial charge in [0.1, 0.15) is 11.3 Å². The zero-order valence-electron chi connectivity index (χ0n) is 17.3. The molecule has 0 aliphatic rings. The molecule has 0 aliphatic carbocycles. The first-order valence-electron chi connectivity index (χ1n) is 9.58. The molecule has 31 heavy (non-hydrogen) atoms. The Bertz CT molecular complexity index is 1240. The van der Waals surface area contributed by atoms with Crippen molar-refractivity contribution in [1.82, 2.24) is 4.73 Å². The summed E-state index contributed by atoms with van der Waals surface area (Å²) in [5.74, 6) is -2.35. The van der Waals surface area contributed by atoms with Crippen LogP contribution >= 0.6 is 0 Å². The maximum atomic E-state index is 12.6. The van der Waals surface area contributed by atoms with Gasteiger partial charge in [-0.25, -0.2) is 0 Å². The minimum Gasteiger partial charge on any atom is -0.805 e. The molecule has 3 aromatic rings. The number of rotatable bonds is 7. The largest absolute Gasteiger partial charge is 0.805 e. The van der Waals surface area contributed by atoms with Crippen molar-refractivity contribution in [2.45, 2.75) is 27.2 Å². The topological polar surface area (TPSA) is 123 Å². The zero-order chi connectivity index (χ0) is 22.7. The number of carbonyl (C=O) groups excluding carboxylic acids is 3. The van der Waals surface area contributed by atoms with Crippen LogP contribution in [-0.2, 0) is 9.59 Å². The van der Waals surface area contributed by atoms with E-state index in [1.165, 1.54) is 6.07 Å². The number of ether oxygens (including phenoxy) is 1. The quantitative estimate of drug-likeness (QED) is 0.270. The highest BCUT2D eigenvalue weighted by atomic mass is 16.5. The molecule has 0 bridgehead atoms. The number of ketones is 2. The Balaban J connectivity index is 1.77. The Kier molecular flexibility index (Phi) is 6.15.